The summed E-state index contributed by atoms with van der Waals surface area (Å²) in [5.74, 6) is 0.581. The van der Waals surface area contributed by atoms with Crippen molar-refractivity contribution in [3.8, 4) is 0 Å². The largest absolute Gasteiger partial charge is 0.243 e. The predicted molar refractivity (Wildman–Crippen MR) is 86.8 cm³/mol. The highest BCUT2D eigenvalue weighted by molar-refractivity contribution is 7.89. The highest BCUT2D eigenvalue weighted by Gasteiger charge is 2.28. The van der Waals surface area contributed by atoms with Gasteiger partial charge in [0.1, 0.15) is 0 Å². The SMILES string of the molecule is CC(C)Cc1ccc(S(=O)(=O)N(C)C2CCCCC2)cc1. The third-order valence-corrected chi connectivity index (χ3v) is 6.26. The van der Waals surface area contributed by atoms with Crippen LogP contribution < -0.4 is 0 Å². The molecule has 0 unspecified atom stereocenters. The Hall–Kier alpha value is -0.870. The van der Waals surface area contributed by atoms with Crippen LogP contribution in [0.3, 0.4) is 0 Å². The van der Waals surface area contributed by atoms with E-state index in [4.69, 9.17) is 0 Å². The summed E-state index contributed by atoms with van der Waals surface area (Å²) in [4.78, 5) is 0.420. The maximum Gasteiger partial charge on any atom is 0.243 e. The van der Waals surface area contributed by atoms with E-state index in [-0.39, 0.29) is 6.04 Å². The minimum absolute atomic E-state index is 0.166. The molecular weight excluding hydrogens is 282 g/mol. The van der Waals surface area contributed by atoms with Crippen LogP contribution in [0.2, 0.25) is 0 Å². The molecule has 2 rings (SSSR count). The Bertz CT molecular complexity index is 543. The highest BCUT2D eigenvalue weighted by Crippen LogP contribution is 2.26. The number of nitrogens with zero attached hydrogens (tertiary/aromatic N) is 1. The molecule has 0 amide bonds. The summed E-state index contributed by atoms with van der Waals surface area (Å²) in [6.45, 7) is 4.34. The van der Waals surface area contributed by atoms with E-state index in [2.05, 4.69) is 13.8 Å². The smallest absolute Gasteiger partial charge is 0.207 e. The van der Waals surface area contributed by atoms with Gasteiger partial charge in [0.2, 0.25) is 10.0 Å². The van der Waals surface area contributed by atoms with Crippen LogP contribution in [0.4, 0.5) is 0 Å². The second kappa shape index (κ2) is 6.93. The Morgan fingerprint density at radius 1 is 1.10 bits per heavy atom. The predicted octanol–water partition coefficient (Wildman–Crippen LogP) is 3.84. The van der Waals surface area contributed by atoms with Crippen molar-refractivity contribution >= 4 is 10.0 Å². The highest BCUT2D eigenvalue weighted by atomic mass is 32.2. The summed E-state index contributed by atoms with van der Waals surface area (Å²) >= 11 is 0. The van der Waals surface area contributed by atoms with Crippen molar-refractivity contribution in [2.75, 3.05) is 7.05 Å². The van der Waals surface area contributed by atoms with Crippen molar-refractivity contribution in [1.82, 2.24) is 4.31 Å². The van der Waals surface area contributed by atoms with Gasteiger partial charge >= 0.3 is 0 Å². The van der Waals surface area contributed by atoms with E-state index < -0.39 is 10.0 Å². The number of sulfonamides is 1. The molecule has 0 bridgehead atoms. The molecule has 0 aromatic heterocycles. The fourth-order valence-corrected chi connectivity index (χ4v) is 4.49. The van der Waals surface area contributed by atoms with Crippen LogP contribution in [-0.4, -0.2) is 25.8 Å². The normalized spacial score (nSPS) is 17.6. The second-order valence-electron chi connectivity index (χ2n) is 6.56. The van der Waals surface area contributed by atoms with Gasteiger partial charge in [0.15, 0.2) is 0 Å². The van der Waals surface area contributed by atoms with Gasteiger partial charge in [0.05, 0.1) is 4.90 Å². The summed E-state index contributed by atoms with van der Waals surface area (Å²) in [6.07, 6.45) is 6.46. The molecule has 118 valence electrons. The zero-order chi connectivity index (χ0) is 15.5. The molecule has 0 saturated heterocycles. The minimum Gasteiger partial charge on any atom is -0.207 e. The van der Waals surface area contributed by atoms with Crippen molar-refractivity contribution in [2.45, 2.75) is 63.3 Å². The van der Waals surface area contributed by atoms with Gasteiger partial charge in [-0.3, -0.25) is 0 Å². The fourth-order valence-electron chi connectivity index (χ4n) is 3.08. The lowest BCUT2D eigenvalue weighted by atomic mass is 9.96. The van der Waals surface area contributed by atoms with Crippen molar-refractivity contribution in [2.24, 2.45) is 5.92 Å². The molecule has 1 fully saturated rings. The summed E-state index contributed by atoms with van der Waals surface area (Å²) < 4.78 is 27.0. The molecular formula is C17H27NO2S. The number of hydrogen-bond donors (Lipinski definition) is 0. The summed E-state index contributed by atoms with van der Waals surface area (Å²) in [7, 11) is -1.62. The molecule has 1 aliphatic carbocycles. The molecule has 0 atom stereocenters. The van der Waals surface area contributed by atoms with Gasteiger partial charge < -0.3 is 0 Å². The molecule has 0 aliphatic heterocycles. The van der Waals surface area contributed by atoms with Crippen LogP contribution in [0.5, 0.6) is 0 Å². The summed E-state index contributed by atoms with van der Waals surface area (Å²) in [6, 6.07) is 7.57. The molecule has 0 radical (unpaired) electrons. The van der Waals surface area contributed by atoms with Gasteiger partial charge in [0.25, 0.3) is 0 Å². The summed E-state index contributed by atoms with van der Waals surface area (Å²) in [5, 5.41) is 0. The Morgan fingerprint density at radius 2 is 1.67 bits per heavy atom. The zero-order valence-electron chi connectivity index (χ0n) is 13.4. The molecule has 1 aromatic rings. The van der Waals surface area contributed by atoms with Gasteiger partial charge in [-0.05, 0) is 42.9 Å². The lowest BCUT2D eigenvalue weighted by Gasteiger charge is -2.30. The van der Waals surface area contributed by atoms with Gasteiger partial charge in [-0.25, -0.2) is 8.42 Å². The number of benzene rings is 1. The van der Waals surface area contributed by atoms with Crippen LogP contribution in [0, 0.1) is 5.92 Å². The monoisotopic (exact) mass is 309 g/mol. The number of rotatable bonds is 5. The lowest BCUT2D eigenvalue weighted by Crippen LogP contribution is -2.38. The second-order valence-corrected chi connectivity index (χ2v) is 8.55. The summed E-state index contributed by atoms with van der Waals surface area (Å²) in [5.41, 5.74) is 1.20. The van der Waals surface area contributed by atoms with E-state index in [1.165, 1.54) is 12.0 Å². The molecule has 21 heavy (non-hydrogen) atoms. The van der Waals surface area contributed by atoms with Crippen molar-refractivity contribution in [1.29, 1.82) is 0 Å². The van der Waals surface area contributed by atoms with E-state index in [9.17, 15) is 8.42 Å². The Labute approximate surface area is 129 Å². The van der Waals surface area contributed by atoms with Crippen LogP contribution in [0.25, 0.3) is 0 Å². The Kier molecular flexibility index (Phi) is 5.44. The van der Waals surface area contributed by atoms with Crippen molar-refractivity contribution in [3.63, 3.8) is 0 Å². The zero-order valence-corrected chi connectivity index (χ0v) is 14.2. The third kappa shape index (κ3) is 4.07. The molecule has 3 nitrogen and oxygen atoms in total. The molecule has 1 saturated carbocycles. The standard InChI is InChI=1S/C17H27NO2S/c1-14(2)13-15-9-11-17(12-10-15)21(19,20)18(3)16-7-5-4-6-8-16/h9-12,14,16H,4-8,13H2,1-3H3. The lowest BCUT2D eigenvalue weighted by molar-refractivity contribution is 0.286. The van der Waals surface area contributed by atoms with E-state index in [1.807, 2.05) is 12.1 Å². The minimum atomic E-state index is -3.35. The van der Waals surface area contributed by atoms with Crippen molar-refractivity contribution in [3.05, 3.63) is 29.8 Å². The first-order valence-electron chi connectivity index (χ1n) is 7.98. The average molecular weight is 309 g/mol. The van der Waals surface area contributed by atoms with Crippen molar-refractivity contribution < 1.29 is 8.42 Å². The molecule has 1 aromatic carbocycles. The molecule has 0 heterocycles. The third-order valence-electron chi connectivity index (χ3n) is 4.33. The quantitative estimate of drug-likeness (QED) is 0.828. The van der Waals surface area contributed by atoms with Gasteiger partial charge in [-0.1, -0.05) is 45.2 Å². The molecule has 0 spiro atoms. The Morgan fingerprint density at radius 3 is 2.19 bits per heavy atom. The van der Waals surface area contributed by atoms with E-state index in [1.54, 1.807) is 23.5 Å². The van der Waals surface area contributed by atoms with Gasteiger partial charge in [-0.2, -0.15) is 4.31 Å². The number of hydrogen-bond acceptors (Lipinski definition) is 2. The van der Waals surface area contributed by atoms with Crippen LogP contribution in [0.1, 0.15) is 51.5 Å². The van der Waals surface area contributed by atoms with E-state index in [0.717, 1.165) is 32.1 Å². The van der Waals surface area contributed by atoms with Crippen LogP contribution >= 0.6 is 0 Å². The maximum absolute atomic E-state index is 12.7. The van der Waals surface area contributed by atoms with Gasteiger partial charge in [-0.15, -0.1) is 0 Å². The average Bonchev–Trinajstić information content (AvgIpc) is 2.47. The topological polar surface area (TPSA) is 37.4 Å². The fraction of sp³-hybridized carbons (Fsp3) is 0.647. The molecule has 4 heteroatoms. The van der Waals surface area contributed by atoms with Crippen LogP contribution in [-0.2, 0) is 16.4 Å². The maximum atomic E-state index is 12.7. The van der Waals surface area contributed by atoms with Crippen LogP contribution in [0.15, 0.2) is 29.2 Å². The van der Waals surface area contributed by atoms with Gasteiger partial charge in [0, 0.05) is 13.1 Å². The van der Waals surface area contributed by atoms with E-state index in [0.29, 0.717) is 10.8 Å². The molecule has 0 N–H and O–H groups in total. The molecule has 1 aliphatic rings. The Balaban J connectivity index is 2.14. The van der Waals surface area contributed by atoms with E-state index >= 15 is 0 Å². The first-order valence-corrected chi connectivity index (χ1v) is 9.42. The first kappa shape index (κ1) is 16.5. The first-order chi connectivity index (χ1) is 9.91.